The number of carboxylic acids is 1. The van der Waals surface area contributed by atoms with E-state index in [1.807, 2.05) is 24.0 Å². The molecule has 1 saturated heterocycles. The Hall–Kier alpha value is -3.26. The van der Waals surface area contributed by atoms with E-state index >= 15 is 4.39 Å². The predicted octanol–water partition coefficient (Wildman–Crippen LogP) is 2.40. The fraction of sp³-hybridized carbons (Fsp3) is 0.286. The minimum absolute atomic E-state index is 0.00954. The van der Waals surface area contributed by atoms with Crippen LogP contribution >= 0.6 is 0 Å². The minimum atomic E-state index is -1.31. The van der Waals surface area contributed by atoms with Gasteiger partial charge in [-0.1, -0.05) is 6.07 Å². The molecule has 0 radical (unpaired) electrons. The van der Waals surface area contributed by atoms with E-state index in [2.05, 4.69) is 10.3 Å². The summed E-state index contributed by atoms with van der Waals surface area (Å²) in [4.78, 5) is 30.0. The molecule has 1 aromatic carbocycles. The minimum Gasteiger partial charge on any atom is -0.477 e. The molecule has 3 heterocycles. The molecule has 1 fully saturated rings. The third-order valence-corrected chi connectivity index (χ3v) is 5.32. The van der Waals surface area contributed by atoms with Crippen LogP contribution in [-0.2, 0) is 6.54 Å². The highest BCUT2D eigenvalue weighted by Gasteiger charge is 2.24. The van der Waals surface area contributed by atoms with E-state index in [4.69, 9.17) is 0 Å². The van der Waals surface area contributed by atoms with Crippen molar-refractivity contribution in [1.82, 2.24) is 14.9 Å². The number of benzene rings is 1. The number of carboxylic acid groups (broad SMARTS) is 1. The number of fused-ring (bicyclic) bond motifs is 1. The molecule has 2 aromatic heterocycles. The summed E-state index contributed by atoms with van der Waals surface area (Å²) >= 11 is 0. The number of rotatable bonds is 4. The first-order valence-corrected chi connectivity index (χ1v) is 9.47. The summed E-state index contributed by atoms with van der Waals surface area (Å²) in [7, 11) is 0. The van der Waals surface area contributed by atoms with Crippen molar-refractivity contribution in [2.45, 2.75) is 19.5 Å². The number of aromatic nitrogens is 2. The fourth-order valence-electron chi connectivity index (χ4n) is 3.83. The predicted molar refractivity (Wildman–Crippen MR) is 108 cm³/mol. The van der Waals surface area contributed by atoms with Gasteiger partial charge in [0.05, 0.1) is 17.2 Å². The number of carbonyl (C=O) groups is 1. The van der Waals surface area contributed by atoms with Gasteiger partial charge in [0.2, 0.25) is 5.43 Å². The molecular weight excluding hydrogens is 375 g/mol. The third-order valence-electron chi connectivity index (χ3n) is 5.32. The van der Waals surface area contributed by atoms with Crippen LogP contribution in [0.5, 0.6) is 0 Å². The van der Waals surface area contributed by atoms with Crippen LogP contribution in [0.15, 0.2) is 47.7 Å². The van der Waals surface area contributed by atoms with Crippen molar-refractivity contribution in [2.75, 3.05) is 24.5 Å². The molecule has 7 nitrogen and oxygen atoms in total. The second-order valence-electron chi connectivity index (χ2n) is 7.02. The average Bonchev–Trinajstić information content (AvgIpc) is 2.74. The Morgan fingerprint density at radius 3 is 2.93 bits per heavy atom. The molecule has 150 valence electrons. The van der Waals surface area contributed by atoms with Crippen LogP contribution in [0.25, 0.3) is 10.9 Å². The van der Waals surface area contributed by atoms with Crippen molar-refractivity contribution in [1.29, 1.82) is 0 Å². The molecule has 1 atom stereocenters. The van der Waals surface area contributed by atoms with Gasteiger partial charge in [-0.3, -0.25) is 9.78 Å². The topological polar surface area (TPSA) is 87.5 Å². The maximum Gasteiger partial charge on any atom is 0.341 e. The molecule has 0 amide bonds. The van der Waals surface area contributed by atoms with E-state index < -0.39 is 17.2 Å². The molecule has 8 heteroatoms. The van der Waals surface area contributed by atoms with E-state index in [9.17, 15) is 14.7 Å². The highest BCUT2D eigenvalue weighted by atomic mass is 19.1. The Kier molecular flexibility index (Phi) is 5.02. The molecule has 1 aliphatic heterocycles. The summed E-state index contributed by atoms with van der Waals surface area (Å²) in [6.07, 6.45) is 4.83. The Morgan fingerprint density at radius 1 is 1.41 bits per heavy atom. The summed E-state index contributed by atoms with van der Waals surface area (Å²) in [5.41, 5.74) is 0.921. The summed E-state index contributed by atoms with van der Waals surface area (Å²) in [6.45, 7) is 4.15. The molecular formula is C21H21FN4O3. The molecule has 29 heavy (non-hydrogen) atoms. The molecule has 0 saturated carbocycles. The summed E-state index contributed by atoms with van der Waals surface area (Å²) in [5, 5.41) is 12.8. The number of nitrogens with one attached hydrogen (secondary N) is 1. The Morgan fingerprint density at radius 2 is 2.24 bits per heavy atom. The molecule has 1 unspecified atom stereocenters. The van der Waals surface area contributed by atoms with Crippen molar-refractivity contribution in [3.05, 3.63) is 70.0 Å². The molecule has 4 rings (SSSR count). The van der Waals surface area contributed by atoms with Crippen molar-refractivity contribution in [3.63, 3.8) is 0 Å². The SMILES string of the molecule is CCn1cc(C(=O)O)c(=O)c2cc(F)c(N3CCNC(c4cccnc4)C3)cc21. The van der Waals surface area contributed by atoms with E-state index in [1.54, 1.807) is 23.0 Å². The molecule has 3 aromatic rings. The van der Waals surface area contributed by atoms with Crippen LogP contribution in [-0.4, -0.2) is 40.3 Å². The zero-order valence-corrected chi connectivity index (χ0v) is 15.9. The smallest absolute Gasteiger partial charge is 0.341 e. The first-order chi connectivity index (χ1) is 14.0. The van der Waals surface area contributed by atoms with Crippen LogP contribution in [0.1, 0.15) is 28.9 Å². The molecule has 0 bridgehead atoms. The van der Waals surface area contributed by atoms with Gasteiger partial charge in [-0.05, 0) is 30.7 Å². The Balaban J connectivity index is 1.78. The molecule has 2 N–H and O–H groups in total. The number of aryl methyl sites for hydroxylation is 1. The summed E-state index contributed by atoms with van der Waals surface area (Å²) in [5.74, 6) is -1.85. The molecule has 0 aliphatic carbocycles. The zero-order valence-electron chi connectivity index (χ0n) is 15.9. The largest absolute Gasteiger partial charge is 0.477 e. The Bertz CT molecular complexity index is 1130. The van der Waals surface area contributed by atoms with Crippen molar-refractivity contribution < 1.29 is 14.3 Å². The van der Waals surface area contributed by atoms with E-state index in [-0.39, 0.29) is 17.0 Å². The number of aromatic carboxylic acids is 1. The van der Waals surface area contributed by atoms with Gasteiger partial charge in [-0.25, -0.2) is 9.18 Å². The number of pyridine rings is 2. The normalized spacial score (nSPS) is 16.9. The second-order valence-corrected chi connectivity index (χ2v) is 7.02. The van der Waals surface area contributed by atoms with Gasteiger partial charge in [0.25, 0.3) is 0 Å². The highest BCUT2D eigenvalue weighted by molar-refractivity contribution is 5.93. The van der Waals surface area contributed by atoms with E-state index in [0.29, 0.717) is 37.4 Å². The zero-order chi connectivity index (χ0) is 20.5. The van der Waals surface area contributed by atoms with Crippen LogP contribution in [0.4, 0.5) is 10.1 Å². The number of hydrogen-bond acceptors (Lipinski definition) is 5. The van der Waals surface area contributed by atoms with Crippen LogP contribution in [0.3, 0.4) is 0 Å². The Labute approximate surface area is 166 Å². The van der Waals surface area contributed by atoms with Crippen molar-refractivity contribution >= 4 is 22.6 Å². The molecule has 1 aliphatic rings. The monoisotopic (exact) mass is 396 g/mol. The highest BCUT2D eigenvalue weighted by Crippen LogP contribution is 2.28. The van der Waals surface area contributed by atoms with Crippen LogP contribution in [0.2, 0.25) is 0 Å². The number of piperazine rings is 1. The third kappa shape index (κ3) is 3.47. The number of halogens is 1. The lowest BCUT2D eigenvalue weighted by molar-refractivity contribution is 0.0695. The van der Waals surface area contributed by atoms with E-state index in [0.717, 1.165) is 11.6 Å². The van der Waals surface area contributed by atoms with Gasteiger partial charge >= 0.3 is 5.97 Å². The lowest BCUT2D eigenvalue weighted by atomic mass is 10.0. The quantitative estimate of drug-likeness (QED) is 0.704. The fourth-order valence-corrected chi connectivity index (χ4v) is 3.83. The van der Waals surface area contributed by atoms with Gasteiger partial charge in [0.1, 0.15) is 11.4 Å². The second kappa shape index (κ2) is 7.63. The number of anilines is 1. The maximum absolute atomic E-state index is 15.0. The van der Waals surface area contributed by atoms with Crippen LogP contribution in [0, 0.1) is 5.82 Å². The van der Waals surface area contributed by atoms with Gasteiger partial charge in [-0.15, -0.1) is 0 Å². The van der Waals surface area contributed by atoms with Gasteiger partial charge in [0, 0.05) is 50.2 Å². The maximum atomic E-state index is 15.0. The van der Waals surface area contributed by atoms with Crippen LogP contribution < -0.4 is 15.6 Å². The van der Waals surface area contributed by atoms with Gasteiger partial charge in [-0.2, -0.15) is 0 Å². The van der Waals surface area contributed by atoms with Crippen molar-refractivity contribution in [2.24, 2.45) is 0 Å². The lowest BCUT2D eigenvalue weighted by Gasteiger charge is -2.35. The van der Waals surface area contributed by atoms with Gasteiger partial charge in [0.15, 0.2) is 0 Å². The van der Waals surface area contributed by atoms with E-state index in [1.165, 1.54) is 6.20 Å². The standard InChI is InChI=1S/C21H21FN4O3/c1-2-25-11-15(21(28)29)20(27)14-8-16(22)19(9-18(14)25)26-7-6-24-17(12-26)13-4-3-5-23-10-13/h3-5,8-11,17,24H,2,6-7,12H2,1H3,(H,28,29). The first kappa shape index (κ1) is 19.1. The average molecular weight is 396 g/mol. The molecule has 0 spiro atoms. The number of hydrogen-bond donors (Lipinski definition) is 2. The van der Waals surface area contributed by atoms with Crippen molar-refractivity contribution in [3.8, 4) is 0 Å². The lowest BCUT2D eigenvalue weighted by Crippen LogP contribution is -2.46. The first-order valence-electron chi connectivity index (χ1n) is 9.47. The number of nitrogens with zero attached hydrogens (tertiary/aromatic N) is 3. The van der Waals surface area contributed by atoms with Gasteiger partial charge < -0.3 is 19.9 Å². The summed E-state index contributed by atoms with van der Waals surface area (Å²) < 4.78 is 16.7. The summed E-state index contributed by atoms with van der Waals surface area (Å²) in [6, 6.07) is 6.66.